The van der Waals surface area contributed by atoms with Gasteiger partial charge in [0.1, 0.15) is 5.82 Å². The van der Waals surface area contributed by atoms with Crippen molar-refractivity contribution >= 4 is 11.6 Å². The Labute approximate surface area is 161 Å². The molecular formula is C20H21F3N4O. The highest BCUT2D eigenvalue weighted by atomic mass is 19.3. The molecule has 0 saturated heterocycles. The topological polar surface area (TPSA) is 66.1 Å². The number of benzene rings is 1. The largest absolute Gasteiger partial charge is 0.358 e. The second-order valence-corrected chi connectivity index (χ2v) is 6.52. The Morgan fingerprint density at radius 1 is 1.25 bits per heavy atom. The first-order chi connectivity index (χ1) is 13.5. The summed E-state index contributed by atoms with van der Waals surface area (Å²) < 4.78 is 39.4. The zero-order valence-corrected chi connectivity index (χ0v) is 15.4. The number of amides is 1. The maximum atomic E-state index is 13.6. The predicted octanol–water partition coefficient (Wildman–Crippen LogP) is 3.15. The number of rotatable bonds is 7. The monoisotopic (exact) mass is 390 g/mol. The van der Waals surface area contributed by atoms with Gasteiger partial charge in [-0.1, -0.05) is 0 Å². The van der Waals surface area contributed by atoms with Gasteiger partial charge in [-0.3, -0.25) is 9.78 Å². The van der Waals surface area contributed by atoms with E-state index < -0.39 is 12.2 Å². The fourth-order valence-electron chi connectivity index (χ4n) is 3.14. The Morgan fingerprint density at radius 3 is 2.82 bits per heavy atom. The van der Waals surface area contributed by atoms with Crippen molar-refractivity contribution in [2.75, 3.05) is 25.5 Å². The molecule has 0 spiro atoms. The zero-order chi connectivity index (χ0) is 20.1. The van der Waals surface area contributed by atoms with Crippen LogP contribution in [0.2, 0.25) is 0 Å². The summed E-state index contributed by atoms with van der Waals surface area (Å²) in [6.07, 6.45) is -0.255. The third kappa shape index (κ3) is 4.89. The number of aromatic nitrogens is 1. The van der Waals surface area contributed by atoms with Crippen molar-refractivity contribution in [2.45, 2.75) is 19.3 Å². The quantitative estimate of drug-likeness (QED) is 0.680. The summed E-state index contributed by atoms with van der Waals surface area (Å²) in [5.74, 6) is -0.811. The van der Waals surface area contributed by atoms with Gasteiger partial charge in [-0.15, -0.1) is 0 Å². The molecule has 1 amide bonds. The van der Waals surface area contributed by atoms with Crippen LogP contribution in [0.5, 0.6) is 0 Å². The standard InChI is InChI=1S/C20H21F3N4O/c1-24-11-17-18(3-5-26-20(17)28)27-15-2-4-25-16(10-15)8-12-6-13(19(22)23)9-14(21)7-12/h2,4,6-7,9-10,19,24H,3,5,8,11H2,1H3,(H,25,27)(H,26,28). The van der Waals surface area contributed by atoms with Crippen LogP contribution in [0.15, 0.2) is 47.8 Å². The molecule has 1 aromatic carbocycles. The van der Waals surface area contributed by atoms with Crippen molar-refractivity contribution in [3.05, 3.63) is 70.4 Å². The summed E-state index contributed by atoms with van der Waals surface area (Å²) in [4.78, 5) is 16.3. The van der Waals surface area contributed by atoms with Gasteiger partial charge in [0, 0.05) is 60.3 Å². The lowest BCUT2D eigenvalue weighted by Crippen LogP contribution is -2.36. The lowest BCUT2D eigenvalue weighted by atomic mass is 10.0. The number of pyridine rings is 1. The fourth-order valence-corrected chi connectivity index (χ4v) is 3.14. The van der Waals surface area contributed by atoms with E-state index in [1.807, 2.05) is 0 Å². The minimum atomic E-state index is -2.73. The highest BCUT2D eigenvalue weighted by Gasteiger charge is 2.19. The average molecular weight is 390 g/mol. The average Bonchev–Trinajstić information content (AvgIpc) is 2.64. The summed E-state index contributed by atoms with van der Waals surface area (Å²) in [7, 11) is 1.77. The van der Waals surface area contributed by atoms with Gasteiger partial charge in [0.05, 0.1) is 0 Å². The van der Waals surface area contributed by atoms with Crippen molar-refractivity contribution in [3.8, 4) is 0 Å². The summed E-state index contributed by atoms with van der Waals surface area (Å²) >= 11 is 0. The molecular weight excluding hydrogens is 369 g/mol. The van der Waals surface area contributed by atoms with Gasteiger partial charge in [-0.2, -0.15) is 0 Å². The van der Waals surface area contributed by atoms with Crippen molar-refractivity contribution in [2.24, 2.45) is 0 Å². The van der Waals surface area contributed by atoms with E-state index in [-0.39, 0.29) is 17.9 Å². The van der Waals surface area contributed by atoms with Crippen LogP contribution in [0, 0.1) is 5.82 Å². The molecule has 0 radical (unpaired) electrons. The molecule has 0 atom stereocenters. The number of nitrogens with zero attached hydrogens (tertiary/aromatic N) is 1. The maximum Gasteiger partial charge on any atom is 0.263 e. The van der Waals surface area contributed by atoms with Crippen LogP contribution >= 0.6 is 0 Å². The van der Waals surface area contributed by atoms with Crippen LogP contribution in [-0.2, 0) is 11.2 Å². The van der Waals surface area contributed by atoms with Crippen LogP contribution in [-0.4, -0.2) is 31.0 Å². The second-order valence-electron chi connectivity index (χ2n) is 6.52. The smallest absolute Gasteiger partial charge is 0.263 e. The number of carbonyl (C=O) groups is 1. The van der Waals surface area contributed by atoms with E-state index in [1.165, 1.54) is 12.1 Å². The molecule has 2 heterocycles. The van der Waals surface area contributed by atoms with E-state index in [0.717, 1.165) is 17.5 Å². The van der Waals surface area contributed by atoms with E-state index in [0.29, 0.717) is 36.3 Å². The number of carbonyl (C=O) groups excluding carboxylic acids is 1. The Balaban J connectivity index is 1.81. The molecule has 0 bridgehead atoms. The molecule has 1 aliphatic rings. The number of halogens is 3. The van der Waals surface area contributed by atoms with Crippen LogP contribution in [0.25, 0.3) is 0 Å². The normalized spacial score (nSPS) is 14.4. The molecule has 0 unspecified atom stereocenters. The number of nitrogens with one attached hydrogen (secondary N) is 3. The van der Waals surface area contributed by atoms with Gasteiger partial charge in [0.15, 0.2) is 0 Å². The Kier molecular flexibility index (Phi) is 6.30. The Hall–Kier alpha value is -2.87. The van der Waals surface area contributed by atoms with Gasteiger partial charge in [0.2, 0.25) is 5.91 Å². The van der Waals surface area contributed by atoms with E-state index in [1.54, 1.807) is 25.4 Å². The number of hydrogen-bond acceptors (Lipinski definition) is 4. The van der Waals surface area contributed by atoms with E-state index in [4.69, 9.17) is 0 Å². The predicted molar refractivity (Wildman–Crippen MR) is 101 cm³/mol. The number of hydrogen-bond donors (Lipinski definition) is 3. The van der Waals surface area contributed by atoms with Crippen LogP contribution in [0.3, 0.4) is 0 Å². The Bertz CT molecular complexity index is 899. The van der Waals surface area contributed by atoms with Crippen molar-refractivity contribution in [1.29, 1.82) is 0 Å². The SMILES string of the molecule is CNCC1=C(Nc2ccnc(Cc3cc(F)cc(C(F)F)c3)c2)CCNC1=O. The fraction of sp³-hybridized carbons (Fsp3) is 0.300. The summed E-state index contributed by atoms with van der Waals surface area (Å²) in [6.45, 7) is 0.984. The molecule has 3 rings (SSSR count). The highest BCUT2D eigenvalue weighted by molar-refractivity contribution is 5.96. The van der Waals surface area contributed by atoms with E-state index in [9.17, 15) is 18.0 Å². The number of alkyl halides is 2. The van der Waals surface area contributed by atoms with Gasteiger partial charge in [0.25, 0.3) is 6.43 Å². The highest BCUT2D eigenvalue weighted by Crippen LogP contribution is 2.23. The molecule has 1 aliphatic heterocycles. The van der Waals surface area contributed by atoms with Gasteiger partial charge in [-0.05, 0) is 42.9 Å². The lowest BCUT2D eigenvalue weighted by Gasteiger charge is -2.22. The minimum absolute atomic E-state index is 0.114. The number of likely N-dealkylation sites (N-methyl/N-ethyl adjacent to an activating group) is 1. The molecule has 5 nitrogen and oxygen atoms in total. The van der Waals surface area contributed by atoms with Crippen molar-refractivity contribution in [1.82, 2.24) is 15.6 Å². The van der Waals surface area contributed by atoms with Crippen LogP contribution in [0.1, 0.15) is 29.7 Å². The molecule has 0 aliphatic carbocycles. The third-order valence-corrected chi connectivity index (χ3v) is 4.38. The molecule has 148 valence electrons. The van der Waals surface area contributed by atoms with Crippen molar-refractivity contribution < 1.29 is 18.0 Å². The first-order valence-corrected chi connectivity index (χ1v) is 8.90. The van der Waals surface area contributed by atoms with Gasteiger partial charge in [-0.25, -0.2) is 13.2 Å². The molecule has 2 aromatic rings. The summed E-state index contributed by atoms with van der Waals surface area (Å²) in [5.41, 5.74) is 2.87. The molecule has 3 N–H and O–H groups in total. The first kappa shape index (κ1) is 19.9. The van der Waals surface area contributed by atoms with Crippen LogP contribution in [0.4, 0.5) is 18.9 Å². The summed E-state index contributed by atoms with van der Waals surface area (Å²) in [5, 5.41) is 9.05. The first-order valence-electron chi connectivity index (χ1n) is 8.90. The lowest BCUT2D eigenvalue weighted by molar-refractivity contribution is -0.117. The van der Waals surface area contributed by atoms with Crippen LogP contribution < -0.4 is 16.0 Å². The number of anilines is 1. The molecule has 8 heteroatoms. The summed E-state index contributed by atoms with van der Waals surface area (Å²) in [6, 6.07) is 6.88. The Morgan fingerprint density at radius 2 is 2.07 bits per heavy atom. The molecule has 1 aromatic heterocycles. The third-order valence-electron chi connectivity index (χ3n) is 4.38. The van der Waals surface area contributed by atoms with E-state index in [2.05, 4.69) is 20.9 Å². The van der Waals surface area contributed by atoms with Gasteiger partial charge >= 0.3 is 0 Å². The maximum absolute atomic E-state index is 13.6. The van der Waals surface area contributed by atoms with E-state index >= 15 is 0 Å². The van der Waals surface area contributed by atoms with Gasteiger partial charge < -0.3 is 16.0 Å². The second kappa shape index (κ2) is 8.88. The zero-order valence-electron chi connectivity index (χ0n) is 15.4. The van der Waals surface area contributed by atoms with Crippen molar-refractivity contribution in [3.63, 3.8) is 0 Å². The molecule has 0 saturated carbocycles. The minimum Gasteiger partial charge on any atom is -0.358 e. The molecule has 28 heavy (non-hydrogen) atoms. The molecule has 0 fully saturated rings.